The summed E-state index contributed by atoms with van der Waals surface area (Å²) >= 11 is 1.56. The minimum absolute atomic E-state index is 0.113. The van der Waals surface area contributed by atoms with Crippen molar-refractivity contribution in [3.8, 4) is 16.5 Å². The molecule has 3 aromatic rings. The molecule has 0 radical (unpaired) electrons. The van der Waals surface area contributed by atoms with E-state index in [9.17, 15) is 4.79 Å². The van der Waals surface area contributed by atoms with E-state index in [-0.39, 0.29) is 12.5 Å². The first-order valence-corrected chi connectivity index (χ1v) is 9.08. The fourth-order valence-corrected chi connectivity index (χ4v) is 3.05. The summed E-state index contributed by atoms with van der Waals surface area (Å²) in [4.78, 5) is 19.6. The number of aromatic nitrogens is 2. The van der Waals surface area contributed by atoms with Gasteiger partial charge >= 0.3 is 0 Å². The number of carbonyl (C=O) groups is 1. The molecule has 0 fully saturated rings. The van der Waals surface area contributed by atoms with Gasteiger partial charge in [-0.3, -0.25) is 9.69 Å². The maximum absolute atomic E-state index is 12.3. The Kier molecular flexibility index (Phi) is 5.98. The smallest absolute Gasteiger partial charge is 0.241 e. The minimum atomic E-state index is -0.113. The molecule has 0 saturated heterocycles. The largest absolute Gasteiger partial charge is 0.497 e. The van der Waals surface area contributed by atoms with Gasteiger partial charge in [0.15, 0.2) is 0 Å². The second-order valence-electron chi connectivity index (χ2n) is 5.57. The first kappa shape index (κ1) is 18.1. The molecule has 0 bridgehead atoms. The fraction of sp³-hybridized carbons (Fsp3) is 0.278. The van der Waals surface area contributed by atoms with E-state index in [0.29, 0.717) is 36.2 Å². The lowest BCUT2D eigenvalue weighted by atomic mass is 10.3. The summed E-state index contributed by atoms with van der Waals surface area (Å²) in [6.07, 6.45) is 0. The molecule has 0 unspecified atom stereocenters. The average Bonchev–Trinajstić information content (AvgIpc) is 3.32. The van der Waals surface area contributed by atoms with Crippen LogP contribution in [0.15, 0.2) is 46.3 Å². The summed E-state index contributed by atoms with van der Waals surface area (Å²) in [5.41, 5.74) is 0.697. The second-order valence-corrected chi connectivity index (χ2v) is 6.52. The quantitative estimate of drug-likeness (QED) is 0.654. The summed E-state index contributed by atoms with van der Waals surface area (Å²) in [6, 6.07) is 11.1. The van der Waals surface area contributed by atoms with Gasteiger partial charge in [-0.15, -0.1) is 11.3 Å². The Morgan fingerprint density at radius 2 is 2.23 bits per heavy atom. The third kappa shape index (κ3) is 4.68. The van der Waals surface area contributed by atoms with Gasteiger partial charge in [-0.2, -0.15) is 4.98 Å². The Balaban J connectivity index is 1.57. The van der Waals surface area contributed by atoms with Gasteiger partial charge in [0.05, 0.1) is 25.1 Å². The highest BCUT2D eigenvalue weighted by Crippen LogP contribution is 2.21. The Morgan fingerprint density at radius 3 is 2.96 bits per heavy atom. The molecule has 3 rings (SSSR count). The van der Waals surface area contributed by atoms with Crippen molar-refractivity contribution in [3.63, 3.8) is 0 Å². The van der Waals surface area contributed by atoms with Crippen molar-refractivity contribution in [2.45, 2.75) is 13.5 Å². The van der Waals surface area contributed by atoms with Gasteiger partial charge in [-0.05, 0) is 30.1 Å². The molecule has 2 heterocycles. The molecular weight excluding hydrogens is 352 g/mol. The van der Waals surface area contributed by atoms with Crippen molar-refractivity contribution < 1.29 is 14.1 Å². The fourth-order valence-electron chi connectivity index (χ4n) is 2.40. The molecule has 1 amide bonds. The molecule has 0 atom stereocenters. The average molecular weight is 372 g/mol. The van der Waals surface area contributed by atoms with Gasteiger partial charge in [0, 0.05) is 11.8 Å². The monoisotopic (exact) mass is 372 g/mol. The molecule has 7 nitrogen and oxygen atoms in total. The van der Waals surface area contributed by atoms with Gasteiger partial charge < -0.3 is 14.6 Å². The van der Waals surface area contributed by atoms with Crippen molar-refractivity contribution in [1.29, 1.82) is 0 Å². The number of likely N-dealkylation sites (N-methyl/N-ethyl adjacent to an activating group) is 1. The number of carbonyl (C=O) groups excluding carboxylic acids is 1. The van der Waals surface area contributed by atoms with E-state index in [4.69, 9.17) is 9.26 Å². The number of thiophene rings is 1. The zero-order valence-electron chi connectivity index (χ0n) is 14.6. The molecule has 0 aliphatic carbocycles. The van der Waals surface area contributed by atoms with E-state index in [2.05, 4.69) is 15.5 Å². The van der Waals surface area contributed by atoms with Gasteiger partial charge in [-0.25, -0.2) is 0 Å². The van der Waals surface area contributed by atoms with Gasteiger partial charge in [0.2, 0.25) is 17.6 Å². The lowest BCUT2D eigenvalue weighted by Gasteiger charge is -2.17. The van der Waals surface area contributed by atoms with Crippen LogP contribution in [0.3, 0.4) is 0 Å². The Labute approximate surface area is 155 Å². The number of anilines is 1. The highest BCUT2D eigenvalue weighted by atomic mass is 32.1. The minimum Gasteiger partial charge on any atom is -0.497 e. The number of benzene rings is 1. The third-order valence-corrected chi connectivity index (χ3v) is 4.60. The molecule has 0 aliphatic heterocycles. The van der Waals surface area contributed by atoms with E-state index in [1.165, 1.54) is 0 Å². The molecule has 0 spiro atoms. The van der Waals surface area contributed by atoms with Crippen LogP contribution < -0.4 is 10.1 Å². The number of amides is 1. The highest BCUT2D eigenvalue weighted by Gasteiger charge is 2.15. The molecule has 8 heteroatoms. The molecular formula is C18H20N4O3S. The molecule has 0 saturated carbocycles. The van der Waals surface area contributed by atoms with Gasteiger partial charge in [0.25, 0.3) is 0 Å². The summed E-state index contributed by atoms with van der Waals surface area (Å²) in [5.74, 6) is 1.65. The van der Waals surface area contributed by atoms with Crippen LogP contribution >= 0.6 is 11.3 Å². The molecule has 1 N–H and O–H groups in total. The van der Waals surface area contributed by atoms with Crippen LogP contribution in [0.25, 0.3) is 10.7 Å². The number of rotatable bonds is 8. The Hall–Kier alpha value is -2.71. The predicted molar refractivity (Wildman–Crippen MR) is 100 cm³/mol. The van der Waals surface area contributed by atoms with E-state index in [1.54, 1.807) is 24.5 Å². The zero-order valence-corrected chi connectivity index (χ0v) is 15.5. The van der Waals surface area contributed by atoms with Crippen LogP contribution in [0.5, 0.6) is 5.75 Å². The second kappa shape index (κ2) is 8.59. The highest BCUT2D eigenvalue weighted by molar-refractivity contribution is 7.13. The Bertz CT molecular complexity index is 848. The standard InChI is InChI=1S/C18H20N4O3S/c1-3-22(11-16(23)19-13-6-4-7-14(10-13)24-2)12-17-20-18(21-25-17)15-8-5-9-26-15/h4-10H,3,11-12H2,1-2H3,(H,19,23). The maximum Gasteiger partial charge on any atom is 0.241 e. The molecule has 1 aromatic carbocycles. The normalized spacial score (nSPS) is 10.9. The van der Waals surface area contributed by atoms with Crippen LogP contribution in [0.4, 0.5) is 5.69 Å². The lowest BCUT2D eigenvalue weighted by molar-refractivity contribution is -0.117. The van der Waals surface area contributed by atoms with E-state index < -0.39 is 0 Å². The van der Waals surface area contributed by atoms with Crippen LogP contribution in [0, 0.1) is 0 Å². The van der Waals surface area contributed by atoms with Gasteiger partial charge in [0.1, 0.15) is 5.75 Å². The van der Waals surface area contributed by atoms with Crippen molar-refractivity contribution >= 4 is 22.9 Å². The van der Waals surface area contributed by atoms with Crippen LogP contribution in [0.1, 0.15) is 12.8 Å². The summed E-state index contributed by atoms with van der Waals surface area (Å²) in [7, 11) is 1.59. The van der Waals surface area contributed by atoms with Crippen molar-refractivity contribution in [3.05, 3.63) is 47.7 Å². The van der Waals surface area contributed by atoms with Crippen LogP contribution in [-0.4, -0.2) is 41.1 Å². The molecule has 2 aromatic heterocycles. The van der Waals surface area contributed by atoms with E-state index >= 15 is 0 Å². The number of hydrogen-bond donors (Lipinski definition) is 1. The Morgan fingerprint density at radius 1 is 1.35 bits per heavy atom. The first-order chi connectivity index (χ1) is 12.7. The summed E-state index contributed by atoms with van der Waals surface area (Å²) in [6.45, 7) is 3.31. The van der Waals surface area contributed by atoms with Crippen molar-refractivity contribution in [2.24, 2.45) is 0 Å². The maximum atomic E-state index is 12.3. The molecule has 26 heavy (non-hydrogen) atoms. The van der Waals surface area contributed by atoms with E-state index in [0.717, 1.165) is 4.88 Å². The van der Waals surface area contributed by atoms with Gasteiger partial charge in [-0.1, -0.05) is 24.2 Å². The zero-order chi connectivity index (χ0) is 18.4. The van der Waals surface area contributed by atoms with Crippen LogP contribution in [-0.2, 0) is 11.3 Å². The molecule has 136 valence electrons. The summed E-state index contributed by atoms with van der Waals surface area (Å²) in [5, 5.41) is 8.83. The number of nitrogens with one attached hydrogen (secondary N) is 1. The topological polar surface area (TPSA) is 80.5 Å². The lowest BCUT2D eigenvalue weighted by Crippen LogP contribution is -2.32. The van der Waals surface area contributed by atoms with Crippen molar-refractivity contribution in [2.75, 3.05) is 25.5 Å². The third-order valence-electron chi connectivity index (χ3n) is 3.74. The number of methoxy groups -OCH3 is 1. The predicted octanol–water partition coefficient (Wildman–Crippen LogP) is 3.27. The first-order valence-electron chi connectivity index (χ1n) is 8.20. The number of ether oxygens (including phenoxy) is 1. The van der Waals surface area contributed by atoms with E-state index in [1.807, 2.05) is 47.5 Å². The number of hydrogen-bond acceptors (Lipinski definition) is 7. The summed E-state index contributed by atoms with van der Waals surface area (Å²) < 4.78 is 10.5. The SMILES string of the molecule is CCN(CC(=O)Nc1cccc(OC)c1)Cc1nc(-c2cccs2)no1. The number of nitrogens with zero attached hydrogens (tertiary/aromatic N) is 3. The van der Waals surface area contributed by atoms with Crippen LogP contribution in [0.2, 0.25) is 0 Å². The van der Waals surface area contributed by atoms with Crippen molar-refractivity contribution in [1.82, 2.24) is 15.0 Å². The molecule has 0 aliphatic rings.